The Bertz CT molecular complexity index is 567. The number of rotatable bonds is 2. The molecule has 0 amide bonds. The van der Waals surface area contributed by atoms with Gasteiger partial charge in [-0.2, -0.15) is 0 Å². The predicted octanol–water partition coefficient (Wildman–Crippen LogP) is 3.53. The molecule has 0 heterocycles. The van der Waals surface area contributed by atoms with Crippen LogP contribution in [0.4, 0.5) is 4.39 Å². The van der Waals surface area contributed by atoms with Crippen molar-refractivity contribution in [3.05, 3.63) is 34.1 Å². The van der Waals surface area contributed by atoms with Gasteiger partial charge >= 0.3 is 5.97 Å². The van der Waals surface area contributed by atoms with Gasteiger partial charge in [-0.05, 0) is 54.4 Å². The lowest BCUT2D eigenvalue weighted by atomic mass is 9.63. The normalized spacial score (nSPS) is 17.6. The molecule has 108 valence electrons. The number of hydrogen-bond acceptors (Lipinski definition) is 3. The predicted molar refractivity (Wildman–Crippen MR) is 75.9 cm³/mol. The van der Waals surface area contributed by atoms with Crippen LogP contribution >= 0.6 is 15.9 Å². The quantitative estimate of drug-likeness (QED) is 0.772. The summed E-state index contributed by atoms with van der Waals surface area (Å²) in [6.45, 7) is 5.33. The van der Waals surface area contributed by atoms with E-state index in [9.17, 15) is 14.0 Å². The molecular formula is C15H16BrFO3. The first-order valence-corrected chi connectivity index (χ1v) is 7.14. The van der Waals surface area contributed by atoms with E-state index in [1.807, 2.05) is 0 Å². The summed E-state index contributed by atoms with van der Waals surface area (Å²) in [5.41, 5.74) is -0.986. The molecule has 0 aromatic heterocycles. The Morgan fingerprint density at radius 1 is 1.35 bits per heavy atom. The van der Waals surface area contributed by atoms with Crippen molar-refractivity contribution in [2.75, 3.05) is 0 Å². The van der Waals surface area contributed by atoms with Gasteiger partial charge in [-0.3, -0.25) is 9.59 Å². The summed E-state index contributed by atoms with van der Waals surface area (Å²) in [5, 5.41) is 0. The maximum absolute atomic E-state index is 13.3. The minimum Gasteiger partial charge on any atom is -0.459 e. The lowest BCUT2D eigenvalue weighted by Crippen LogP contribution is -2.51. The average molecular weight is 343 g/mol. The van der Waals surface area contributed by atoms with Crippen molar-refractivity contribution >= 4 is 27.7 Å². The zero-order chi connectivity index (χ0) is 15.1. The van der Waals surface area contributed by atoms with Crippen molar-refractivity contribution in [1.29, 1.82) is 0 Å². The molecule has 3 nitrogen and oxygen atoms in total. The van der Waals surface area contributed by atoms with Gasteiger partial charge in [0, 0.05) is 12.8 Å². The van der Waals surface area contributed by atoms with Gasteiger partial charge in [-0.25, -0.2) is 4.39 Å². The Kier molecular flexibility index (Phi) is 3.75. The fourth-order valence-electron chi connectivity index (χ4n) is 2.26. The molecule has 1 aromatic carbocycles. The molecule has 0 spiro atoms. The number of ether oxygens (including phenoxy) is 1. The van der Waals surface area contributed by atoms with E-state index in [0.29, 0.717) is 5.56 Å². The summed E-state index contributed by atoms with van der Waals surface area (Å²) < 4.78 is 19.0. The van der Waals surface area contributed by atoms with Crippen molar-refractivity contribution in [1.82, 2.24) is 0 Å². The molecular weight excluding hydrogens is 327 g/mol. The molecule has 1 saturated carbocycles. The minimum atomic E-state index is -0.972. The fraction of sp³-hybridized carbons (Fsp3) is 0.467. The zero-order valence-corrected chi connectivity index (χ0v) is 13.2. The second-order valence-corrected chi connectivity index (χ2v) is 6.96. The zero-order valence-electron chi connectivity index (χ0n) is 11.6. The Morgan fingerprint density at radius 2 is 1.95 bits per heavy atom. The Hall–Kier alpha value is -1.23. The summed E-state index contributed by atoms with van der Waals surface area (Å²) in [6, 6.07) is 4.37. The summed E-state index contributed by atoms with van der Waals surface area (Å²) in [7, 11) is 0. The van der Waals surface area contributed by atoms with Gasteiger partial charge in [0.25, 0.3) is 0 Å². The van der Waals surface area contributed by atoms with E-state index in [0.717, 1.165) is 0 Å². The SMILES string of the molecule is CC(C)(C)OC(=O)C1(c2ccc(F)c(Br)c2)CC(=O)C1. The van der Waals surface area contributed by atoms with Crippen LogP contribution < -0.4 is 0 Å². The molecule has 0 radical (unpaired) electrons. The van der Waals surface area contributed by atoms with Gasteiger partial charge in [0.1, 0.15) is 22.6 Å². The first-order valence-electron chi connectivity index (χ1n) is 6.35. The molecule has 1 fully saturated rings. The molecule has 0 unspecified atom stereocenters. The largest absolute Gasteiger partial charge is 0.459 e. The van der Waals surface area contributed by atoms with Crippen molar-refractivity contribution in [2.45, 2.75) is 44.6 Å². The van der Waals surface area contributed by atoms with Gasteiger partial charge in [0.05, 0.1) is 4.47 Å². The molecule has 20 heavy (non-hydrogen) atoms. The third-order valence-corrected chi connectivity index (χ3v) is 3.87. The number of hydrogen-bond donors (Lipinski definition) is 0. The first kappa shape index (κ1) is 15.2. The first-order chi connectivity index (χ1) is 9.14. The fourth-order valence-corrected chi connectivity index (χ4v) is 2.64. The second-order valence-electron chi connectivity index (χ2n) is 6.11. The van der Waals surface area contributed by atoms with E-state index in [1.54, 1.807) is 26.8 Å². The number of ketones is 1. The van der Waals surface area contributed by atoms with Crippen LogP contribution in [0.25, 0.3) is 0 Å². The van der Waals surface area contributed by atoms with Crippen LogP contribution in [-0.2, 0) is 19.7 Å². The lowest BCUT2D eigenvalue weighted by Gasteiger charge is -2.40. The highest BCUT2D eigenvalue weighted by Gasteiger charge is 2.53. The van der Waals surface area contributed by atoms with E-state index >= 15 is 0 Å². The highest BCUT2D eigenvalue weighted by Crippen LogP contribution is 2.44. The summed E-state index contributed by atoms with van der Waals surface area (Å²) in [5.74, 6) is -0.821. The Morgan fingerprint density at radius 3 is 2.40 bits per heavy atom. The number of halogens is 2. The van der Waals surface area contributed by atoms with E-state index in [2.05, 4.69) is 15.9 Å². The van der Waals surface area contributed by atoms with Crippen molar-refractivity contribution in [3.63, 3.8) is 0 Å². The van der Waals surface area contributed by atoms with E-state index in [4.69, 9.17) is 4.74 Å². The van der Waals surface area contributed by atoms with Crippen LogP contribution in [0.15, 0.2) is 22.7 Å². The van der Waals surface area contributed by atoms with Crippen LogP contribution in [-0.4, -0.2) is 17.4 Å². The number of carbonyl (C=O) groups excluding carboxylic acids is 2. The maximum atomic E-state index is 13.3. The number of benzene rings is 1. The highest BCUT2D eigenvalue weighted by atomic mass is 79.9. The third kappa shape index (κ3) is 2.77. The van der Waals surface area contributed by atoms with Crippen LogP contribution in [0.2, 0.25) is 0 Å². The Labute approximate surface area is 125 Å². The van der Waals surface area contributed by atoms with Gasteiger partial charge in [0.2, 0.25) is 0 Å². The molecule has 0 bridgehead atoms. The number of carbonyl (C=O) groups is 2. The van der Waals surface area contributed by atoms with Gasteiger partial charge in [-0.15, -0.1) is 0 Å². The van der Waals surface area contributed by atoms with Crippen LogP contribution in [0, 0.1) is 5.82 Å². The van der Waals surface area contributed by atoms with Crippen molar-refractivity contribution < 1.29 is 18.7 Å². The molecule has 0 saturated heterocycles. The second kappa shape index (κ2) is 4.95. The van der Waals surface area contributed by atoms with Crippen LogP contribution in [0.5, 0.6) is 0 Å². The van der Waals surface area contributed by atoms with E-state index in [-0.39, 0.29) is 23.1 Å². The third-order valence-electron chi connectivity index (χ3n) is 3.26. The average Bonchev–Trinajstić information content (AvgIpc) is 2.26. The number of esters is 1. The van der Waals surface area contributed by atoms with Gasteiger partial charge in [0.15, 0.2) is 0 Å². The molecule has 2 rings (SSSR count). The standard InChI is InChI=1S/C15H16BrFO3/c1-14(2,3)20-13(19)15(7-10(18)8-15)9-4-5-12(17)11(16)6-9/h4-6H,7-8H2,1-3H3. The summed E-state index contributed by atoms with van der Waals surface area (Å²) in [6.07, 6.45) is 0.222. The molecule has 1 aliphatic rings. The molecule has 1 aromatic rings. The summed E-state index contributed by atoms with van der Waals surface area (Å²) >= 11 is 3.11. The highest BCUT2D eigenvalue weighted by molar-refractivity contribution is 9.10. The summed E-state index contributed by atoms with van der Waals surface area (Å²) in [4.78, 5) is 23.8. The maximum Gasteiger partial charge on any atom is 0.317 e. The van der Waals surface area contributed by atoms with Gasteiger partial charge in [-0.1, -0.05) is 6.07 Å². The van der Waals surface area contributed by atoms with E-state index < -0.39 is 22.8 Å². The molecule has 1 aliphatic carbocycles. The lowest BCUT2D eigenvalue weighted by molar-refractivity contribution is -0.169. The van der Waals surface area contributed by atoms with Crippen molar-refractivity contribution in [2.24, 2.45) is 0 Å². The van der Waals surface area contributed by atoms with Crippen LogP contribution in [0.1, 0.15) is 39.2 Å². The minimum absolute atomic E-state index is 0.0105. The monoisotopic (exact) mass is 342 g/mol. The molecule has 0 aliphatic heterocycles. The topological polar surface area (TPSA) is 43.4 Å². The Balaban J connectivity index is 2.37. The molecule has 5 heteroatoms. The molecule has 0 N–H and O–H groups in total. The van der Waals surface area contributed by atoms with Gasteiger partial charge < -0.3 is 4.74 Å². The smallest absolute Gasteiger partial charge is 0.317 e. The molecule has 0 atom stereocenters. The van der Waals surface area contributed by atoms with Crippen molar-refractivity contribution in [3.8, 4) is 0 Å². The number of Topliss-reactive ketones (excluding diaryl/α,β-unsaturated/α-hetero) is 1. The van der Waals surface area contributed by atoms with E-state index in [1.165, 1.54) is 12.1 Å². The van der Waals surface area contributed by atoms with Crippen LogP contribution in [0.3, 0.4) is 0 Å².